The molecule has 4 rings (SSSR count). The second kappa shape index (κ2) is 5.39. The molecule has 0 aliphatic carbocycles. The molecule has 0 fully saturated rings. The van der Waals surface area contributed by atoms with Crippen LogP contribution < -0.4 is 15.3 Å². The highest BCUT2D eigenvalue weighted by molar-refractivity contribution is 6.58. The van der Waals surface area contributed by atoms with Crippen molar-refractivity contribution >= 4 is 20.9 Å². The predicted octanol–water partition coefficient (Wildman–Crippen LogP) is 2.24. The summed E-state index contributed by atoms with van der Waals surface area (Å²) in [6.07, 6.45) is 0. The fraction of sp³-hybridized carbons (Fsp3) is 0. The average Bonchev–Trinajstić information content (AvgIpc) is 2.70. The first-order valence-electron chi connectivity index (χ1n) is 7.51. The third-order valence-electron chi connectivity index (χ3n) is 4.07. The fourth-order valence-corrected chi connectivity index (χ4v) is 3.14. The van der Waals surface area contributed by atoms with Crippen molar-refractivity contribution in [1.29, 1.82) is 0 Å². The Kier molecular flexibility index (Phi) is 3.24. The summed E-state index contributed by atoms with van der Waals surface area (Å²) in [7, 11) is 2.81. The van der Waals surface area contributed by atoms with Crippen LogP contribution in [0.5, 0.6) is 11.5 Å². The Labute approximate surface area is 131 Å². The standard InChI is InChI=1S/C18H15B2NO/c19-21-20-15-9-5-8-13-12-6-1-3-10-16(12)22-17-11-4-2-7-14(17)18(13)15/h1-11,20-21H,19H2. The monoisotopic (exact) mass is 283 g/mol. The van der Waals surface area contributed by atoms with Crippen LogP contribution in [0.25, 0.3) is 22.3 Å². The molecule has 2 nitrogen and oxygen atoms in total. The molecule has 4 heteroatoms. The SMILES string of the molecule is BNBc1cccc2c1-c1ccccc1Oc1ccccc1-2. The van der Waals surface area contributed by atoms with Crippen molar-refractivity contribution in [2.75, 3.05) is 0 Å². The second-order valence-electron chi connectivity index (χ2n) is 5.46. The van der Waals surface area contributed by atoms with Gasteiger partial charge in [0.25, 0.3) is 0 Å². The summed E-state index contributed by atoms with van der Waals surface area (Å²) < 4.78 is 6.20. The van der Waals surface area contributed by atoms with Crippen LogP contribution in [0, 0.1) is 0 Å². The van der Waals surface area contributed by atoms with E-state index in [4.69, 9.17) is 4.74 Å². The largest absolute Gasteiger partial charge is 0.456 e. The van der Waals surface area contributed by atoms with Crippen molar-refractivity contribution in [1.82, 2.24) is 5.14 Å². The van der Waals surface area contributed by atoms with E-state index in [1.165, 1.54) is 16.6 Å². The molecule has 0 saturated carbocycles. The zero-order valence-corrected chi connectivity index (χ0v) is 12.5. The van der Waals surface area contributed by atoms with Gasteiger partial charge in [-0.1, -0.05) is 60.1 Å². The Balaban J connectivity index is 2.10. The summed E-state index contributed by atoms with van der Waals surface area (Å²) >= 11 is 0. The van der Waals surface area contributed by atoms with E-state index in [-0.39, 0.29) is 0 Å². The minimum Gasteiger partial charge on any atom is -0.456 e. The van der Waals surface area contributed by atoms with Crippen molar-refractivity contribution in [3.05, 3.63) is 66.7 Å². The lowest BCUT2D eigenvalue weighted by Gasteiger charge is -2.13. The molecule has 0 spiro atoms. The Morgan fingerprint density at radius 3 is 2.14 bits per heavy atom. The van der Waals surface area contributed by atoms with E-state index in [1.807, 2.05) is 32.2 Å². The predicted molar refractivity (Wildman–Crippen MR) is 95.9 cm³/mol. The molecule has 3 aromatic carbocycles. The zero-order valence-electron chi connectivity index (χ0n) is 12.5. The van der Waals surface area contributed by atoms with Gasteiger partial charge in [0.15, 0.2) is 7.98 Å². The Morgan fingerprint density at radius 2 is 1.36 bits per heavy atom. The Morgan fingerprint density at radius 1 is 0.727 bits per heavy atom. The summed E-state index contributed by atoms with van der Waals surface area (Å²) in [6.45, 7) is 0. The van der Waals surface area contributed by atoms with Gasteiger partial charge < -0.3 is 9.88 Å². The van der Waals surface area contributed by atoms with Gasteiger partial charge in [-0.15, -0.1) is 0 Å². The number of para-hydroxylation sites is 2. The molecule has 0 atom stereocenters. The zero-order chi connectivity index (χ0) is 14.9. The first-order chi connectivity index (χ1) is 10.9. The van der Waals surface area contributed by atoms with Gasteiger partial charge in [-0.05, 0) is 23.3 Å². The minimum atomic E-state index is 0.833. The van der Waals surface area contributed by atoms with Gasteiger partial charge in [-0.2, -0.15) is 0 Å². The van der Waals surface area contributed by atoms with Gasteiger partial charge in [-0.3, -0.25) is 0 Å². The first-order valence-corrected chi connectivity index (χ1v) is 7.51. The van der Waals surface area contributed by atoms with E-state index in [1.54, 1.807) is 0 Å². The van der Waals surface area contributed by atoms with Gasteiger partial charge in [0.1, 0.15) is 11.5 Å². The number of ether oxygens (including phenoxy) is 1. The van der Waals surface area contributed by atoms with E-state index < -0.39 is 0 Å². The molecule has 0 bridgehead atoms. The molecule has 0 amide bonds. The molecule has 104 valence electrons. The van der Waals surface area contributed by atoms with Gasteiger partial charge in [0, 0.05) is 11.1 Å². The summed E-state index contributed by atoms with van der Waals surface area (Å²) in [5, 5.41) is 3.27. The van der Waals surface area contributed by atoms with Crippen molar-refractivity contribution in [2.24, 2.45) is 0 Å². The molecule has 0 saturated heterocycles. The van der Waals surface area contributed by atoms with Crippen molar-refractivity contribution in [2.45, 2.75) is 0 Å². The van der Waals surface area contributed by atoms with E-state index in [0.717, 1.165) is 30.0 Å². The number of benzene rings is 3. The van der Waals surface area contributed by atoms with E-state index >= 15 is 0 Å². The van der Waals surface area contributed by atoms with Gasteiger partial charge >= 0.3 is 0 Å². The number of nitrogens with one attached hydrogen (secondary N) is 1. The molecule has 1 N–H and O–H groups in total. The quantitative estimate of drug-likeness (QED) is 0.570. The number of rotatable bonds is 2. The summed E-state index contributed by atoms with van der Waals surface area (Å²) in [5.74, 6) is 1.83. The van der Waals surface area contributed by atoms with Gasteiger partial charge in [-0.25, -0.2) is 0 Å². The van der Waals surface area contributed by atoms with Crippen LogP contribution in [0.2, 0.25) is 0 Å². The first kappa shape index (κ1) is 13.2. The van der Waals surface area contributed by atoms with Crippen molar-refractivity contribution in [3.8, 4) is 33.8 Å². The molecular formula is C18H15B2NO. The maximum absolute atomic E-state index is 6.20. The molecular weight excluding hydrogens is 268 g/mol. The normalized spacial score (nSPS) is 11.5. The van der Waals surface area contributed by atoms with Crippen LogP contribution in [0.15, 0.2) is 66.7 Å². The van der Waals surface area contributed by atoms with Crippen LogP contribution in [-0.2, 0) is 0 Å². The van der Waals surface area contributed by atoms with Crippen LogP contribution >= 0.6 is 0 Å². The molecule has 1 heterocycles. The van der Waals surface area contributed by atoms with E-state index in [0.29, 0.717) is 0 Å². The second-order valence-corrected chi connectivity index (χ2v) is 5.46. The smallest absolute Gasteiger partial charge is 0.225 e. The summed E-state index contributed by atoms with van der Waals surface area (Å²) in [5.41, 5.74) is 6.07. The number of hydrogen-bond acceptors (Lipinski definition) is 2. The number of hydrogen-bond donors (Lipinski definition) is 1. The van der Waals surface area contributed by atoms with Crippen molar-refractivity contribution < 1.29 is 4.74 Å². The molecule has 3 aromatic rings. The van der Waals surface area contributed by atoms with Gasteiger partial charge in [0.05, 0.1) is 0 Å². The third-order valence-corrected chi connectivity index (χ3v) is 4.07. The molecule has 0 radical (unpaired) electrons. The minimum absolute atomic E-state index is 0.833. The number of fused-ring (bicyclic) bond motifs is 5. The molecule has 22 heavy (non-hydrogen) atoms. The summed E-state index contributed by atoms with van der Waals surface area (Å²) in [4.78, 5) is 0. The van der Waals surface area contributed by atoms with Crippen molar-refractivity contribution in [3.63, 3.8) is 0 Å². The summed E-state index contributed by atoms with van der Waals surface area (Å²) in [6, 6.07) is 23.0. The Hall–Kier alpha value is -2.45. The highest BCUT2D eigenvalue weighted by Crippen LogP contribution is 2.45. The molecule has 0 unspecified atom stereocenters. The van der Waals surface area contributed by atoms with Crippen LogP contribution in [0.4, 0.5) is 0 Å². The molecule has 0 aromatic heterocycles. The fourth-order valence-electron chi connectivity index (χ4n) is 3.14. The maximum atomic E-state index is 6.20. The maximum Gasteiger partial charge on any atom is 0.225 e. The van der Waals surface area contributed by atoms with Crippen LogP contribution in [-0.4, -0.2) is 15.4 Å². The Bertz CT molecular complexity index is 848. The highest BCUT2D eigenvalue weighted by Gasteiger charge is 2.22. The lowest BCUT2D eigenvalue weighted by atomic mass is 9.74. The highest BCUT2D eigenvalue weighted by atomic mass is 16.5. The molecule has 1 aliphatic heterocycles. The van der Waals surface area contributed by atoms with Gasteiger partial charge in [0.2, 0.25) is 7.41 Å². The third kappa shape index (κ3) is 2.04. The lowest BCUT2D eigenvalue weighted by molar-refractivity contribution is 0.488. The van der Waals surface area contributed by atoms with Crippen LogP contribution in [0.3, 0.4) is 0 Å². The molecule has 1 aliphatic rings. The lowest BCUT2D eigenvalue weighted by Crippen LogP contribution is -2.29. The average molecular weight is 283 g/mol. The van der Waals surface area contributed by atoms with E-state index in [9.17, 15) is 0 Å². The van der Waals surface area contributed by atoms with Crippen LogP contribution in [0.1, 0.15) is 0 Å². The topological polar surface area (TPSA) is 21.3 Å². The van der Waals surface area contributed by atoms with E-state index in [2.05, 4.69) is 47.6 Å².